The molecule has 0 aliphatic carbocycles. The number of urea groups is 1. The Hall–Kier alpha value is -3.03. The number of aromatic nitrogens is 1. The molecule has 1 aliphatic heterocycles. The van der Waals surface area contributed by atoms with Gasteiger partial charge in [0.2, 0.25) is 5.88 Å². The van der Waals surface area contributed by atoms with Gasteiger partial charge in [0, 0.05) is 43.0 Å². The van der Waals surface area contributed by atoms with Crippen LogP contribution in [0.2, 0.25) is 5.02 Å². The zero-order valence-corrected chi connectivity index (χ0v) is 19.8. The van der Waals surface area contributed by atoms with Crippen LogP contribution >= 0.6 is 11.6 Å². The molecule has 0 radical (unpaired) electrons. The monoisotopic (exact) mass is 468 g/mol. The molecular weight excluding hydrogens is 440 g/mol. The fourth-order valence-electron chi connectivity index (χ4n) is 4.04. The quantitative estimate of drug-likeness (QED) is 0.467. The molecule has 1 fully saturated rings. The maximum atomic E-state index is 13.2. The molecule has 2 heterocycles. The molecule has 8 heteroatoms. The second-order valence-corrected chi connectivity index (χ2v) is 8.67. The number of carbonyl (C=O) groups is 1. The number of benzene rings is 2. The molecule has 1 saturated heterocycles. The molecule has 2 amide bonds. The summed E-state index contributed by atoms with van der Waals surface area (Å²) in [7, 11) is 1.63. The molecule has 174 valence electrons. The molecule has 0 atom stereocenters. The van der Waals surface area contributed by atoms with Gasteiger partial charge in [0.05, 0.1) is 18.7 Å². The van der Waals surface area contributed by atoms with Gasteiger partial charge in [-0.25, -0.2) is 4.79 Å². The second kappa shape index (κ2) is 10.7. The summed E-state index contributed by atoms with van der Waals surface area (Å²) in [6, 6.07) is 15.0. The molecule has 0 saturated carbocycles. The van der Waals surface area contributed by atoms with Crippen molar-refractivity contribution in [2.45, 2.75) is 26.3 Å². The Labute approximate surface area is 199 Å². The first kappa shape index (κ1) is 23.1. The molecule has 7 nitrogen and oxygen atoms in total. The van der Waals surface area contributed by atoms with Gasteiger partial charge >= 0.3 is 6.03 Å². The van der Waals surface area contributed by atoms with Gasteiger partial charge in [-0.2, -0.15) is 0 Å². The lowest BCUT2D eigenvalue weighted by molar-refractivity contribution is 0.153. The molecule has 1 N–H and O–H groups in total. The fraction of sp³-hybridized carbons (Fsp3) is 0.360. The second-order valence-electron chi connectivity index (χ2n) is 8.23. The van der Waals surface area contributed by atoms with Crippen molar-refractivity contribution >= 4 is 29.2 Å². The van der Waals surface area contributed by atoms with Crippen LogP contribution in [0.5, 0.6) is 0 Å². The third-order valence-electron chi connectivity index (χ3n) is 5.73. The van der Waals surface area contributed by atoms with E-state index in [9.17, 15) is 4.79 Å². The van der Waals surface area contributed by atoms with Crippen molar-refractivity contribution in [1.29, 1.82) is 0 Å². The van der Waals surface area contributed by atoms with Gasteiger partial charge in [-0.1, -0.05) is 46.6 Å². The van der Waals surface area contributed by atoms with Gasteiger partial charge < -0.3 is 24.4 Å². The van der Waals surface area contributed by atoms with E-state index in [1.807, 2.05) is 31.2 Å². The van der Waals surface area contributed by atoms with E-state index >= 15 is 0 Å². The topological polar surface area (TPSA) is 70.8 Å². The highest BCUT2D eigenvalue weighted by molar-refractivity contribution is 6.30. The number of hydrogen-bond acceptors (Lipinski definition) is 5. The number of rotatable bonds is 8. The van der Waals surface area contributed by atoms with E-state index in [4.69, 9.17) is 20.9 Å². The van der Waals surface area contributed by atoms with Crippen molar-refractivity contribution in [2.24, 2.45) is 0 Å². The average molecular weight is 469 g/mol. The SMILES string of the molecule is COCCN(Cc1c(-c2cccc(C)c2)noc1N1CCCC1)C(=O)Nc1cccc(Cl)c1. The molecule has 0 bridgehead atoms. The van der Waals surface area contributed by atoms with Crippen LogP contribution in [0.25, 0.3) is 11.3 Å². The number of amides is 2. The summed E-state index contributed by atoms with van der Waals surface area (Å²) in [5, 5.41) is 7.94. The number of ether oxygens (including phenoxy) is 1. The Balaban J connectivity index is 1.66. The highest BCUT2D eigenvalue weighted by Crippen LogP contribution is 2.34. The largest absolute Gasteiger partial charge is 0.383 e. The summed E-state index contributed by atoms with van der Waals surface area (Å²) < 4.78 is 11.1. The number of methoxy groups -OCH3 is 1. The Bertz CT molecular complexity index is 1090. The van der Waals surface area contributed by atoms with Crippen LogP contribution in [-0.4, -0.2) is 49.4 Å². The number of aryl methyl sites for hydroxylation is 1. The van der Waals surface area contributed by atoms with Crippen LogP contribution in [0.1, 0.15) is 24.0 Å². The molecule has 3 aromatic rings. The third-order valence-corrected chi connectivity index (χ3v) is 5.96. The molecule has 0 unspecified atom stereocenters. The van der Waals surface area contributed by atoms with Gasteiger partial charge in [0.1, 0.15) is 5.69 Å². The minimum atomic E-state index is -0.238. The highest BCUT2D eigenvalue weighted by atomic mass is 35.5. The van der Waals surface area contributed by atoms with E-state index in [0.717, 1.165) is 54.2 Å². The van der Waals surface area contributed by atoms with Crippen LogP contribution < -0.4 is 10.2 Å². The summed E-state index contributed by atoms with van der Waals surface area (Å²) in [6.45, 7) is 5.06. The van der Waals surface area contributed by atoms with Crippen LogP contribution in [0.15, 0.2) is 53.1 Å². The summed E-state index contributed by atoms with van der Waals surface area (Å²) in [5.74, 6) is 0.738. The highest BCUT2D eigenvalue weighted by Gasteiger charge is 2.27. The van der Waals surface area contributed by atoms with Crippen LogP contribution in [-0.2, 0) is 11.3 Å². The molecule has 0 spiro atoms. The lowest BCUT2D eigenvalue weighted by Gasteiger charge is -2.24. The lowest BCUT2D eigenvalue weighted by atomic mass is 10.0. The maximum absolute atomic E-state index is 13.2. The third kappa shape index (κ3) is 5.67. The van der Waals surface area contributed by atoms with Crippen molar-refractivity contribution in [3.05, 3.63) is 64.7 Å². The molecule has 1 aromatic heterocycles. The predicted octanol–water partition coefficient (Wildman–Crippen LogP) is 5.58. The number of hydrogen-bond donors (Lipinski definition) is 1. The molecule has 33 heavy (non-hydrogen) atoms. The van der Waals surface area contributed by atoms with E-state index < -0.39 is 0 Å². The summed E-state index contributed by atoms with van der Waals surface area (Å²) in [4.78, 5) is 17.2. The van der Waals surface area contributed by atoms with E-state index in [0.29, 0.717) is 30.4 Å². The summed E-state index contributed by atoms with van der Waals surface area (Å²) in [5.41, 5.74) is 4.41. The fourth-order valence-corrected chi connectivity index (χ4v) is 4.23. The van der Waals surface area contributed by atoms with Crippen molar-refractivity contribution in [3.8, 4) is 11.3 Å². The normalized spacial score (nSPS) is 13.4. The summed E-state index contributed by atoms with van der Waals surface area (Å²) >= 11 is 6.09. The van der Waals surface area contributed by atoms with Crippen LogP contribution in [0.4, 0.5) is 16.4 Å². The van der Waals surface area contributed by atoms with Crippen molar-refractivity contribution < 1.29 is 14.1 Å². The Kier molecular flexibility index (Phi) is 7.52. The maximum Gasteiger partial charge on any atom is 0.322 e. The van der Waals surface area contributed by atoms with E-state index in [1.54, 1.807) is 30.2 Å². The molecular formula is C25H29ClN4O3. The van der Waals surface area contributed by atoms with Gasteiger partial charge in [-0.3, -0.25) is 0 Å². The number of halogens is 1. The molecule has 4 rings (SSSR count). The van der Waals surface area contributed by atoms with Crippen molar-refractivity contribution in [2.75, 3.05) is 43.6 Å². The van der Waals surface area contributed by atoms with Gasteiger partial charge in [-0.15, -0.1) is 0 Å². The van der Waals surface area contributed by atoms with Gasteiger partial charge in [-0.05, 0) is 44.0 Å². The number of nitrogens with zero attached hydrogens (tertiary/aromatic N) is 3. The van der Waals surface area contributed by atoms with Crippen LogP contribution in [0, 0.1) is 6.92 Å². The van der Waals surface area contributed by atoms with Crippen molar-refractivity contribution in [1.82, 2.24) is 10.1 Å². The first-order chi connectivity index (χ1) is 16.0. The zero-order chi connectivity index (χ0) is 23.2. The minimum Gasteiger partial charge on any atom is -0.383 e. The van der Waals surface area contributed by atoms with Gasteiger partial charge in [0.25, 0.3) is 0 Å². The van der Waals surface area contributed by atoms with E-state index in [-0.39, 0.29) is 6.03 Å². The standard InChI is InChI=1S/C25H29ClN4O3/c1-18-7-5-8-19(15-18)23-22(24(33-28-23)29-11-3-4-12-29)17-30(13-14-32-2)25(31)27-21-10-6-9-20(26)16-21/h5-10,15-16H,3-4,11-14,17H2,1-2H3,(H,27,31). The Morgan fingerprint density at radius 2 is 2.00 bits per heavy atom. The minimum absolute atomic E-state index is 0.238. The first-order valence-electron chi connectivity index (χ1n) is 11.2. The summed E-state index contributed by atoms with van der Waals surface area (Å²) in [6.07, 6.45) is 2.23. The number of anilines is 2. The Morgan fingerprint density at radius 3 is 2.73 bits per heavy atom. The van der Waals surface area contributed by atoms with Crippen LogP contribution in [0.3, 0.4) is 0 Å². The van der Waals surface area contributed by atoms with Crippen molar-refractivity contribution in [3.63, 3.8) is 0 Å². The van der Waals surface area contributed by atoms with E-state index in [2.05, 4.69) is 21.4 Å². The molecule has 1 aliphatic rings. The van der Waals surface area contributed by atoms with Gasteiger partial charge in [0.15, 0.2) is 0 Å². The predicted molar refractivity (Wildman–Crippen MR) is 131 cm³/mol. The number of carbonyl (C=O) groups excluding carboxylic acids is 1. The first-order valence-corrected chi connectivity index (χ1v) is 11.5. The van der Waals surface area contributed by atoms with E-state index in [1.165, 1.54) is 0 Å². The lowest BCUT2D eigenvalue weighted by Crippen LogP contribution is -2.37. The molecule has 2 aromatic carbocycles. The zero-order valence-electron chi connectivity index (χ0n) is 19.0. The Morgan fingerprint density at radius 1 is 1.21 bits per heavy atom. The average Bonchev–Trinajstić information content (AvgIpc) is 3.46. The smallest absolute Gasteiger partial charge is 0.322 e. The number of nitrogens with one attached hydrogen (secondary N) is 1.